The summed E-state index contributed by atoms with van der Waals surface area (Å²) < 4.78 is 0. The Hall–Kier alpha value is -1.35. The van der Waals surface area contributed by atoms with Crippen molar-refractivity contribution in [2.24, 2.45) is 11.8 Å². The molecule has 2 heterocycles. The summed E-state index contributed by atoms with van der Waals surface area (Å²) in [5.41, 5.74) is 0.917. The molecule has 0 bridgehead atoms. The predicted molar refractivity (Wildman–Crippen MR) is 84.3 cm³/mol. The number of benzene rings is 1. The van der Waals surface area contributed by atoms with Crippen molar-refractivity contribution in [1.82, 2.24) is 9.97 Å². The number of fused-ring (bicyclic) bond motifs is 1. The van der Waals surface area contributed by atoms with E-state index in [0.717, 1.165) is 23.3 Å². The molecule has 1 saturated heterocycles. The van der Waals surface area contributed by atoms with E-state index in [1.54, 1.807) is 0 Å². The summed E-state index contributed by atoms with van der Waals surface area (Å²) in [6, 6.07) is 8.57. The molecule has 0 N–H and O–H groups in total. The van der Waals surface area contributed by atoms with Gasteiger partial charge in [-0.2, -0.15) is 4.98 Å². The zero-order valence-electron chi connectivity index (χ0n) is 12.2. The fourth-order valence-corrected chi connectivity index (χ4v) is 3.42. The number of anilines is 1. The first-order valence-corrected chi connectivity index (χ1v) is 7.63. The molecule has 3 unspecified atom stereocenters. The van der Waals surface area contributed by atoms with Gasteiger partial charge in [-0.05, 0) is 48.9 Å². The highest BCUT2D eigenvalue weighted by atomic mass is 35.5. The molecular formula is C16H20ClN3. The minimum Gasteiger partial charge on any atom is -0.353 e. The van der Waals surface area contributed by atoms with Crippen LogP contribution in [0.15, 0.2) is 24.3 Å². The van der Waals surface area contributed by atoms with Gasteiger partial charge in [-0.1, -0.05) is 26.0 Å². The predicted octanol–water partition coefficient (Wildman–Crippen LogP) is 4.15. The van der Waals surface area contributed by atoms with E-state index in [2.05, 4.69) is 41.7 Å². The molecule has 2 aromatic rings. The first-order chi connectivity index (χ1) is 9.56. The summed E-state index contributed by atoms with van der Waals surface area (Å²) in [6.45, 7) is 7.93. The van der Waals surface area contributed by atoms with Crippen molar-refractivity contribution in [3.8, 4) is 0 Å². The largest absolute Gasteiger partial charge is 0.353 e. The summed E-state index contributed by atoms with van der Waals surface area (Å²) in [5, 5.41) is 1.42. The summed E-state index contributed by atoms with van der Waals surface area (Å²) in [5.74, 6) is 2.31. The smallest absolute Gasteiger partial charge is 0.224 e. The van der Waals surface area contributed by atoms with Crippen LogP contribution < -0.4 is 4.90 Å². The Bertz CT molecular complexity index is 628. The minimum atomic E-state index is 0.330. The standard InChI is InChI=1S/C16H20ClN3/c1-10-8-11(2)12(3)20(9-10)15-13-6-4-5-7-14(13)18-16(17)19-15/h4-7,10-12H,8-9H2,1-3H3. The number of aromatic nitrogens is 2. The summed E-state index contributed by atoms with van der Waals surface area (Å²) in [7, 11) is 0. The third-order valence-corrected chi connectivity index (χ3v) is 4.59. The normalized spacial score (nSPS) is 27.0. The maximum Gasteiger partial charge on any atom is 0.224 e. The second kappa shape index (κ2) is 5.21. The number of para-hydroxylation sites is 1. The van der Waals surface area contributed by atoms with E-state index in [0.29, 0.717) is 23.2 Å². The van der Waals surface area contributed by atoms with Crippen molar-refractivity contribution >= 4 is 28.3 Å². The Morgan fingerprint density at radius 3 is 2.70 bits per heavy atom. The Labute approximate surface area is 125 Å². The molecule has 3 nitrogen and oxygen atoms in total. The molecular weight excluding hydrogens is 270 g/mol. The van der Waals surface area contributed by atoms with E-state index in [1.807, 2.05) is 18.2 Å². The van der Waals surface area contributed by atoms with Crippen molar-refractivity contribution < 1.29 is 0 Å². The molecule has 0 radical (unpaired) electrons. The van der Waals surface area contributed by atoms with Gasteiger partial charge in [0.25, 0.3) is 0 Å². The van der Waals surface area contributed by atoms with Crippen LogP contribution in [0.25, 0.3) is 10.9 Å². The van der Waals surface area contributed by atoms with Crippen LogP contribution in [-0.2, 0) is 0 Å². The van der Waals surface area contributed by atoms with Crippen LogP contribution >= 0.6 is 11.6 Å². The Morgan fingerprint density at radius 1 is 1.15 bits per heavy atom. The zero-order valence-corrected chi connectivity index (χ0v) is 12.9. The number of hydrogen-bond donors (Lipinski definition) is 0. The van der Waals surface area contributed by atoms with Gasteiger partial charge in [0, 0.05) is 18.0 Å². The number of nitrogens with zero attached hydrogens (tertiary/aromatic N) is 3. The van der Waals surface area contributed by atoms with Crippen LogP contribution in [0.4, 0.5) is 5.82 Å². The van der Waals surface area contributed by atoms with Crippen molar-refractivity contribution in [2.45, 2.75) is 33.2 Å². The van der Waals surface area contributed by atoms with E-state index in [-0.39, 0.29) is 0 Å². The molecule has 20 heavy (non-hydrogen) atoms. The first-order valence-electron chi connectivity index (χ1n) is 7.25. The van der Waals surface area contributed by atoms with E-state index in [9.17, 15) is 0 Å². The molecule has 1 aromatic carbocycles. The van der Waals surface area contributed by atoms with Crippen LogP contribution in [0.3, 0.4) is 0 Å². The second-order valence-electron chi connectivity index (χ2n) is 6.04. The van der Waals surface area contributed by atoms with Crippen molar-refractivity contribution in [2.75, 3.05) is 11.4 Å². The third kappa shape index (κ3) is 2.35. The lowest BCUT2D eigenvalue weighted by molar-refractivity contribution is 0.296. The van der Waals surface area contributed by atoms with E-state index in [4.69, 9.17) is 11.6 Å². The third-order valence-electron chi connectivity index (χ3n) is 4.43. The Morgan fingerprint density at radius 2 is 1.90 bits per heavy atom. The molecule has 1 aliphatic rings. The van der Waals surface area contributed by atoms with Crippen molar-refractivity contribution in [1.29, 1.82) is 0 Å². The van der Waals surface area contributed by atoms with Gasteiger partial charge in [-0.15, -0.1) is 0 Å². The van der Waals surface area contributed by atoms with Gasteiger partial charge in [0.15, 0.2) is 0 Å². The highest BCUT2D eigenvalue weighted by Gasteiger charge is 2.30. The maximum absolute atomic E-state index is 6.11. The molecule has 0 amide bonds. The Balaban J connectivity index is 2.13. The lowest BCUT2D eigenvalue weighted by Gasteiger charge is -2.42. The monoisotopic (exact) mass is 289 g/mol. The summed E-state index contributed by atoms with van der Waals surface area (Å²) >= 11 is 6.11. The van der Waals surface area contributed by atoms with Gasteiger partial charge in [0.2, 0.25) is 5.28 Å². The molecule has 0 aliphatic carbocycles. The van der Waals surface area contributed by atoms with Crippen LogP contribution in [-0.4, -0.2) is 22.6 Å². The van der Waals surface area contributed by atoms with E-state index in [1.165, 1.54) is 6.42 Å². The number of rotatable bonds is 1. The quantitative estimate of drug-likeness (QED) is 0.738. The van der Waals surface area contributed by atoms with Crippen LogP contribution in [0.2, 0.25) is 5.28 Å². The molecule has 1 aromatic heterocycles. The molecule has 0 saturated carbocycles. The van der Waals surface area contributed by atoms with Gasteiger partial charge in [0.05, 0.1) is 5.52 Å². The van der Waals surface area contributed by atoms with Gasteiger partial charge >= 0.3 is 0 Å². The van der Waals surface area contributed by atoms with Gasteiger partial charge < -0.3 is 4.90 Å². The van der Waals surface area contributed by atoms with Gasteiger partial charge in [-0.3, -0.25) is 0 Å². The molecule has 3 rings (SSSR count). The summed E-state index contributed by atoms with van der Waals surface area (Å²) in [6.07, 6.45) is 1.27. The number of piperidine rings is 1. The number of halogens is 1. The highest BCUT2D eigenvalue weighted by Crippen LogP contribution is 2.34. The molecule has 4 heteroatoms. The maximum atomic E-state index is 6.11. The Kier molecular flexibility index (Phi) is 3.55. The molecule has 1 fully saturated rings. The fraction of sp³-hybridized carbons (Fsp3) is 0.500. The number of hydrogen-bond acceptors (Lipinski definition) is 3. The lowest BCUT2D eigenvalue weighted by atomic mass is 9.86. The van der Waals surface area contributed by atoms with Crippen LogP contribution in [0.5, 0.6) is 0 Å². The van der Waals surface area contributed by atoms with Crippen LogP contribution in [0, 0.1) is 11.8 Å². The molecule has 3 atom stereocenters. The van der Waals surface area contributed by atoms with E-state index >= 15 is 0 Å². The molecule has 106 valence electrons. The van der Waals surface area contributed by atoms with Crippen molar-refractivity contribution in [3.63, 3.8) is 0 Å². The SMILES string of the molecule is CC1CC(C)C(C)N(c2nc(Cl)nc3ccccc23)C1. The average molecular weight is 290 g/mol. The highest BCUT2D eigenvalue weighted by molar-refractivity contribution is 6.28. The summed E-state index contributed by atoms with van der Waals surface area (Å²) in [4.78, 5) is 11.2. The first kappa shape index (κ1) is 13.6. The molecule has 0 spiro atoms. The fourth-order valence-electron chi connectivity index (χ4n) is 3.25. The van der Waals surface area contributed by atoms with Crippen LogP contribution in [0.1, 0.15) is 27.2 Å². The van der Waals surface area contributed by atoms with Gasteiger partial charge in [-0.25, -0.2) is 4.98 Å². The minimum absolute atomic E-state index is 0.330. The average Bonchev–Trinajstić information content (AvgIpc) is 2.42. The lowest BCUT2D eigenvalue weighted by Crippen LogP contribution is -2.46. The second-order valence-corrected chi connectivity index (χ2v) is 6.38. The topological polar surface area (TPSA) is 29.0 Å². The molecule has 1 aliphatic heterocycles. The van der Waals surface area contributed by atoms with Gasteiger partial charge in [0.1, 0.15) is 5.82 Å². The van der Waals surface area contributed by atoms with E-state index < -0.39 is 0 Å². The van der Waals surface area contributed by atoms with Crippen molar-refractivity contribution in [3.05, 3.63) is 29.5 Å². The zero-order chi connectivity index (χ0) is 14.3.